The van der Waals surface area contributed by atoms with Crippen LogP contribution in [0, 0.1) is 11.6 Å². The van der Waals surface area contributed by atoms with E-state index in [4.69, 9.17) is 16.3 Å². The van der Waals surface area contributed by atoms with Gasteiger partial charge in [-0.15, -0.1) is 0 Å². The summed E-state index contributed by atoms with van der Waals surface area (Å²) in [5, 5.41) is 2.85. The summed E-state index contributed by atoms with van der Waals surface area (Å²) in [7, 11) is -2.77. The molecule has 6 nitrogen and oxygen atoms in total. The minimum Gasteiger partial charge on any atom is -0.495 e. The number of sulfonamides is 1. The van der Waals surface area contributed by atoms with Crippen LogP contribution in [0.4, 0.5) is 14.5 Å². The van der Waals surface area contributed by atoms with Gasteiger partial charge in [-0.1, -0.05) is 23.7 Å². The van der Waals surface area contributed by atoms with Crippen LogP contribution >= 0.6 is 11.6 Å². The van der Waals surface area contributed by atoms with Crippen LogP contribution < -0.4 is 14.8 Å². The Bertz CT molecular complexity index is 1200. The van der Waals surface area contributed by atoms with Crippen LogP contribution in [0.5, 0.6) is 5.75 Å². The molecule has 0 aromatic heterocycles. The highest BCUT2D eigenvalue weighted by atomic mass is 35.5. The van der Waals surface area contributed by atoms with E-state index < -0.39 is 27.6 Å². The largest absolute Gasteiger partial charge is 0.495 e. The maximum Gasteiger partial charge on any atom is 0.255 e. The Hall–Kier alpha value is -3.01. The molecule has 0 aliphatic carbocycles. The summed E-state index contributed by atoms with van der Waals surface area (Å²) in [6, 6.07) is 12.9. The summed E-state index contributed by atoms with van der Waals surface area (Å²) in [6.07, 6.45) is 0. The van der Waals surface area contributed by atoms with E-state index in [0.29, 0.717) is 16.7 Å². The number of hydrogen-bond acceptors (Lipinski definition) is 4. The van der Waals surface area contributed by atoms with E-state index >= 15 is 0 Å². The highest BCUT2D eigenvalue weighted by Crippen LogP contribution is 2.26. The topological polar surface area (TPSA) is 84.5 Å². The highest BCUT2D eigenvalue weighted by Gasteiger charge is 2.22. The highest BCUT2D eigenvalue weighted by molar-refractivity contribution is 7.89. The number of ether oxygens (including phenoxy) is 1. The molecule has 10 heteroatoms. The first kappa shape index (κ1) is 22.7. The Morgan fingerprint density at radius 2 is 1.65 bits per heavy atom. The molecule has 0 atom stereocenters. The number of amides is 1. The van der Waals surface area contributed by atoms with Crippen LogP contribution in [-0.2, 0) is 16.6 Å². The van der Waals surface area contributed by atoms with Crippen LogP contribution in [0.15, 0.2) is 65.6 Å². The Morgan fingerprint density at radius 1 is 1.00 bits per heavy atom. The third-order valence-corrected chi connectivity index (χ3v) is 5.89. The lowest BCUT2D eigenvalue weighted by molar-refractivity contribution is 0.102. The molecule has 3 rings (SSSR count). The fraction of sp³-hybridized carbons (Fsp3) is 0.0952. The lowest BCUT2D eigenvalue weighted by Gasteiger charge is -2.13. The van der Waals surface area contributed by atoms with Gasteiger partial charge in [-0.2, -0.15) is 0 Å². The molecule has 0 bridgehead atoms. The third kappa shape index (κ3) is 5.78. The standard InChI is InChI=1S/C21H17ClF2N2O4S/c1-30-19-7-4-14(21(27)26-18-10-16(23)9-17(24)11-18)8-20(19)31(28,29)25-12-13-2-5-15(22)6-3-13/h2-11,25H,12H2,1H3,(H,26,27). The maximum absolute atomic E-state index is 13.3. The fourth-order valence-corrected chi connectivity index (χ4v) is 4.05. The van der Waals surface area contributed by atoms with Crippen molar-refractivity contribution in [2.45, 2.75) is 11.4 Å². The molecule has 31 heavy (non-hydrogen) atoms. The van der Waals surface area contributed by atoms with E-state index in [1.807, 2.05) is 0 Å². The van der Waals surface area contributed by atoms with E-state index in [2.05, 4.69) is 10.0 Å². The molecule has 0 saturated heterocycles. The summed E-state index contributed by atoms with van der Waals surface area (Å²) < 4.78 is 59.9. The molecule has 0 spiro atoms. The SMILES string of the molecule is COc1ccc(C(=O)Nc2cc(F)cc(F)c2)cc1S(=O)(=O)NCc1ccc(Cl)cc1. The number of carbonyl (C=O) groups excluding carboxylic acids is 1. The van der Waals surface area contributed by atoms with Gasteiger partial charge < -0.3 is 10.1 Å². The second kappa shape index (κ2) is 9.42. The van der Waals surface area contributed by atoms with Crippen molar-refractivity contribution in [3.05, 3.63) is 88.4 Å². The van der Waals surface area contributed by atoms with Crippen LogP contribution in [0.3, 0.4) is 0 Å². The Balaban J connectivity index is 1.84. The lowest BCUT2D eigenvalue weighted by Crippen LogP contribution is -2.24. The van der Waals surface area contributed by atoms with Crippen LogP contribution in [0.1, 0.15) is 15.9 Å². The first-order valence-electron chi connectivity index (χ1n) is 8.87. The van der Waals surface area contributed by atoms with Crippen LogP contribution in [-0.4, -0.2) is 21.4 Å². The first-order chi connectivity index (χ1) is 14.7. The van der Waals surface area contributed by atoms with Crippen molar-refractivity contribution in [1.82, 2.24) is 4.72 Å². The second-order valence-electron chi connectivity index (χ2n) is 6.43. The number of anilines is 1. The van der Waals surface area contributed by atoms with Gasteiger partial charge >= 0.3 is 0 Å². The van der Waals surface area contributed by atoms with Crippen molar-refractivity contribution in [2.75, 3.05) is 12.4 Å². The van der Waals surface area contributed by atoms with Gasteiger partial charge in [0.1, 0.15) is 22.3 Å². The molecule has 0 fully saturated rings. The zero-order chi connectivity index (χ0) is 22.6. The van der Waals surface area contributed by atoms with Crippen molar-refractivity contribution in [2.24, 2.45) is 0 Å². The third-order valence-electron chi connectivity index (χ3n) is 4.22. The van der Waals surface area contributed by atoms with E-state index in [1.165, 1.54) is 19.2 Å². The van der Waals surface area contributed by atoms with Crippen molar-refractivity contribution < 1.29 is 26.7 Å². The minimum atomic E-state index is -4.06. The van der Waals surface area contributed by atoms with Gasteiger partial charge in [0.15, 0.2) is 0 Å². The van der Waals surface area contributed by atoms with E-state index in [-0.39, 0.29) is 28.4 Å². The summed E-state index contributed by atoms with van der Waals surface area (Å²) in [5.41, 5.74) is 0.523. The monoisotopic (exact) mass is 466 g/mol. The molecule has 0 unspecified atom stereocenters. The van der Waals surface area contributed by atoms with Crippen molar-refractivity contribution >= 4 is 33.2 Å². The predicted molar refractivity (Wildman–Crippen MR) is 113 cm³/mol. The zero-order valence-electron chi connectivity index (χ0n) is 16.2. The molecule has 3 aromatic rings. The summed E-state index contributed by atoms with van der Waals surface area (Å²) >= 11 is 5.82. The van der Waals surface area contributed by atoms with Gasteiger partial charge in [-0.25, -0.2) is 21.9 Å². The molecule has 2 N–H and O–H groups in total. The van der Waals surface area contributed by atoms with Crippen molar-refractivity contribution in [1.29, 1.82) is 0 Å². The van der Waals surface area contributed by atoms with Gasteiger partial charge in [-0.3, -0.25) is 4.79 Å². The van der Waals surface area contributed by atoms with Crippen LogP contribution in [0.2, 0.25) is 5.02 Å². The van der Waals surface area contributed by atoms with Gasteiger partial charge in [0.2, 0.25) is 10.0 Å². The quantitative estimate of drug-likeness (QED) is 0.542. The molecular formula is C21H17ClF2N2O4S. The molecule has 3 aromatic carbocycles. The molecular weight excluding hydrogens is 450 g/mol. The zero-order valence-corrected chi connectivity index (χ0v) is 17.7. The van der Waals surface area contributed by atoms with E-state index in [0.717, 1.165) is 18.2 Å². The van der Waals surface area contributed by atoms with Gasteiger partial charge in [0, 0.05) is 28.9 Å². The summed E-state index contributed by atoms with van der Waals surface area (Å²) in [6.45, 7) is -0.0123. The molecule has 0 saturated carbocycles. The Kier molecular flexibility index (Phi) is 6.89. The van der Waals surface area contributed by atoms with Gasteiger partial charge in [0.05, 0.1) is 7.11 Å². The normalized spacial score (nSPS) is 11.2. The number of carbonyl (C=O) groups is 1. The average molecular weight is 467 g/mol. The second-order valence-corrected chi connectivity index (χ2v) is 8.60. The van der Waals surface area contributed by atoms with E-state index in [9.17, 15) is 22.0 Å². The molecule has 0 radical (unpaired) electrons. The Morgan fingerprint density at radius 3 is 2.26 bits per heavy atom. The molecule has 0 aliphatic heterocycles. The molecule has 0 heterocycles. The number of benzene rings is 3. The number of methoxy groups -OCH3 is 1. The Labute approximate surface area is 182 Å². The maximum atomic E-state index is 13.3. The van der Waals surface area contributed by atoms with E-state index in [1.54, 1.807) is 24.3 Å². The van der Waals surface area contributed by atoms with Gasteiger partial charge in [-0.05, 0) is 48.0 Å². The lowest BCUT2D eigenvalue weighted by atomic mass is 10.2. The predicted octanol–water partition coefficient (Wildman–Crippen LogP) is 4.36. The smallest absolute Gasteiger partial charge is 0.255 e. The number of rotatable bonds is 7. The minimum absolute atomic E-state index is 0.0123. The molecule has 162 valence electrons. The molecule has 1 amide bonds. The van der Waals surface area contributed by atoms with Gasteiger partial charge in [0.25, 0.3) is 5.91 Å². The first-order valence-corrected chi connectivity index (χ1v) is 10.7. The number of hydrogen-bond donors (Lipinski definition) is 2. The average Bonchev–Trinajstić information content (AvgIpc) is 2.72. The molecule has 0 aliphatic rings. The van der Waals surface area contributed by atoms with Crippen LogP contribution in [0.25, 0.3) is 0 Å². The number of halogens is 3. The fourth-order valence-electron chi connectivity index (χ4n) is 2.72. The summed E-state index contributed by atoms with van der Waals surface area (Å²) in [4.78, 5) is 12.2. The number of nitrogens with one attached hydrogen (secondary N) is 2. The van der Waals surface area contributed by atoms with Crippen molar-refractivity contribution in [3.63, 3.8) is 0 Å². The van der Waals surface area contributed by atoms with Crippen molar-refractivity contribution in [3.8, 4) is 5.75 Å². The summed E-state index contributed by atoms with van der Waals surface area (Å²) in [5.74, 6) is -2.45.